The molecule has 268 valence electrons. The summed E-state index contributed by atoms with van der Waals surface area (Å²) in [6, 6.07) is 39.9. The zero-order chi connectivity index (χ0) is 36.3. The molecule has 2 aliphatic rings. The maximum Gasteiger partial charge on any atom is 0.321 e. The molecule has 8 rings (SSSR count). The lowest BCUT2D eigenvalue weighted by atomic mass is 9.95. The number of hydrogen-bond acceptors (Lipinski definition) is 4. The van der Waals surface area contributed by atoms with E-state index in [1.807, 2.05) is 109 Å². The number of benzene rings is 6. The van der Waals surface area contributed by atoms with Gasteiger partial charge in [-0.3, -0.25) is 9.69 Å². The quantitative estimate of drug-likeness (QED) is 0.134. The number of nitrogens with zero attached hydrogens (tertiary/aromatic N) is 2. The minimum atomic E-state index is -0.279. The lowest BCUT2D eigenvalue weighted by Gasteiger charge is -2.22. The van der Waals surface area contributed by atoms with Gasteiger partial charge in [0.1, 0.15) is 24.7 Å². The number of halogens is 2. The van der Waals surface area contributed by atoms with E-state index >= 15 is 0 Å². The van der Waals surface area contributed by atoms with Gasteiger partial charge in [0, 0.05) is 72.6 Å². The molecule has 0 fully saturated rings. The van der Waals surface area contributed by atoms with Crippen LogP contribution in [0.15, 0.2) is 121 Å². The maximum atomic E-state index is 13.9. The summed E-state index contributed by atoms with van der Waals surface area (Å²) in [5.74, 6) is 1.99. The molecule has 0 bridgehead atoms. The van der Waals surface area contributed by atoms with Gasteiger partial charge < -0.3 is 19.7 Å². The Hall–Kier alpha value is -5.24. The van der Waals surface area contributed by atoms with Crippen LogP contribution >= 0.6 is 23.2 Å². The van der Waals surface area contributed by atoms with Crippen molar-refractivity contribution in [2.75, 3.05) is 41.2 Å². The third-order valence-corrected chi connectivity index (χ3v) is 11.0. The topological polar surface area (TPSA) is 71.1 Å². The Bertz CT molecular complexity index is 2120. The van der Waals surface area contributed by atoms with E-state index in [9.17, 15) is 9.59 Å². The van der Waals surface area contributed by atoms with E-state index in [0.29, 0.717) is 49.6 Å². The predicted molar refractivity (Wildman–Crippen MR) is 214 cm³/mol. The van der Waals surface area contributed by atoms with Crippen LogP contribution in [-0.4, -0.2) is 43.3 Å². The molecule has 0 aliphatic carbocycles. The standard InChI is InChI=1S/C44H39Cl2N3O4/c45-23-31-25-48(37-21-39(52-27-29-11-3-1-4-12-29)33-15-7-9-17-35(33)42(31)37)41(50)19-20-47-44(51)49-26-32(24-46)43-36-18-10-8-16-34(36)40(22-38(43)49)53-28-30-13-5-2-6-14-30/h1-18,21-22,31-32H,19-20,23-28H2,(H,47,51)/t31-,32-/m1/s1. The molecule has 2 heterocycles. The highest BCUT2D eigenvalue weighted by molar-refractivity contribution is 6.19. The van der Waals surface area contributed by atoms with Crippen LogP contribution < -0.4 is 24.6 Å². The molecule has 3 amide bonds. The van der Waals surface area contributed by atoms with Crippen molar-refractivity contribution in [1.82, 2.24) is 5.32 Å². The zero-order valence-electron chi connectivity index (χ0n) is 29.1. The van der Waals surface area contributed by atoms with E-state index in [-0.39, 0.29) is 36.7 Å². The van der Waals surface area contributed by atoms with Gasteiger partial charge in [-0.25, -0.2) is 4.79 Å². The smallest absolute Gasteiger partial charge is 0.321 e. The van der Waals surface area contributed by atoms with Crippen LogP contribution in [0, 0.1) is 0 Å². The SMILES string of the molecule is O=C(CCNC(=O)N1C[C@@H](CCl)c2c1cc(OCc1ccccc1)c1ccccc21)N1C[C@@H](CCl)c2c1cc(OCc1ccccc1)c1ccccc21. The van der Waals surface area contributed by atoms with E-state index in [1.54, 1.807) is 9.80 Å². The summed E-state index contributed by atoms with van der Waals surface area (Å²) in [5.41, 5.74) is 5.78. The highest BCUT2D eigenvalue weighted by atomic mass is 35.5. The van der Waals surface area contributed by atoms with Crippen LogP contribution in [0.5, 0.6) is 11.5 Å². The molecule has 0 saturated heterocycles. The fourth-order valence-electron chi connectivity index (χ4n) is 7.72. The number of amides is 3. The molecule has 9 heteroatoms. The minimum absolute atomic E-state index is 0.0278. The fraction of sp³-hybridized carbons (Fsp3) is 0.227. The molecular weight excluding hydrogens is 705 g/mol. The van der Waals surface area contributed by atoms with Gasteiger partial charge in [0.25, 0.3) is 0 Å². The Morgan fingerprint density at radius 2 is 1.04 bits per heavy atom. The normalized spacial score (nSPS) is 16.1. The van der Waals surface area contributed by atoms with Crippen molar-refractivity contribution in [1.29, 1.82) is 0 Å². The van der Waals surface area contributed by atoms with Crippen molar-refractivity contribution in [3.63, 3.8) is 0 Å². The molecule has 6 aromatic rings. The summed E-state index contributed by atoms with van der Waals surface area (Å²) in [6.07, 6.45) is 0.121. The summed E-state index contributed by atoms with van der Waals surface area (Å²) < 4.78 is 12.7. The molecule has 0 radical (unpaired) electrons. The first-order valence-electron chi connectivity index (χ1n) is 18.0. The van der Waals surface area contributed by atoms with E-state index < -0.39 is 0 Å². The first-order valence-corrected chi connectivity index (χ1v) is 19.0. The summed E-state index contributed by atoms with van der Waals surface area (Å²) >= 11 is 13.0. The highest BCUT2D eigenvalue weighted by Gasteiger charge is 2.36. The second kappa shape index (κ2) is 15.4. The van der Waals surface area contributed by atoms with E-state index in [4.69, 9.17) is 32.7 Å². The molecule has 0 spiro atoms. The Morgan fingerprint density at radius 1 is 0.604 bits per heavy atom. The number of rotatable bonds is 11. The van der Waals surface area contributed by atoms with Gasteiger partial charge in [0.15, 0.2) is 0 Å². The number of anilines is 2. The average molecular weight is 745 g/mol. The van der Waals surface area contributed by atoms with Gasteiger partial charge in [-0.05, 0) is 33.0 Å². The molecule has 7 nitrogen and oxygen atoms in total. The second-order valence-corrected chi connectivity index (χ2v) is 14.2. The van der Waals surface area contributed by atoms with Crippen LogP contribution in [0.4, 0.5) is 16.2 Å². The van der Waals surface area contributed by atoms with Crippen LogP contribution in [0.25, 0.3) is 21.5 Å². The number of carbonyl (C=O) groups is 2. The van der Waals surface area contributed by atoms with Gasteiger partial charge in [-0.2, -0.15) is 0 Å². The average Bonchev–Trinajstić information content (AvgIpc) is 3.78. The zero-order valence-corrected chi connectivity index (χ0v) is 30.7. The van der Waals surface area contributed by atoms with Gasteiger partial charge in [-0.15, -0.1) is 23.2 Å². The lowest BCUT2D eigenvalue weighted by molar-refractivity contribution is -0.118. The third-order valence-electron chi connectivity index (χ3n) is 10.3. The number of nitrogens with one attached hydrogen (secondary N) is 1. The van der Waals surface area contributed by atoms with Gasteiger partial charge in [0.2, 0.25) is 5.91 Å². The number of urea groups is 1. The minimum Gasteiger partial charge on any atom is -0.488 e. The number of carbonyl (C=O) groups excluding carboxylic acids is 2. The predicted octanol–water partition coefficient (Wildman–Crippen LogP) is 9.76. The molecule has 2 atom stereocenters. The molecular formula is C44H39Cl2N3O4. The van der Waals surface area contributed by atoms with Gasteiger partial charge >= 0.3 is 6.03 Å². The summed E-state index contributed by atoms with van der Waals surface area (Å²) in [7, 11) is 0. The monoisotopic (exact) mass is 743 g/mol. The number of alkyl halides is 2. The molecule has 0 saturated carbocycles. The van der Waals surface area contributed by atoms with Crippen molar-refractivity contribution in [3.8, 4) is 11.5 Å². The van der Waals surface area contributed by atoms with Gasteiger partial charge in [-0.1, -0.05) is 109 Å². The van der Waals surface area contributed by atoms with Crippen LogP contribution in [0.3, 0.4) is 0 Å². The molecule has 0 aromatic heterocycles. The summed E-state index contributed by atoms with van der Waals surface area (Å²) in [6.45, 7) is 1.87. The maximum absolute atomic E-state index is 13.9. The molecule has 6 aromatic carbocycles. The van der Waals surface area contributed by atoms with Crippen molar-refractivity contribution in [2.45, 2.75) is 31.5 Å². The highest BCUT2D eigenvalue weighted by Crippen LogP contribution is 2.47. The first kappa shape index (κ1) is 34.8. The van der Waals surface area contributed by atoms with Crippen molar-refractivity contribution < 1.29 is 19.1 Å². The van der Waals surface area contributed by atoms with Crippen molar-refractivity contribution in [3.05, 3.63) is 144 Å². The Kier molecular flexibility index (Phi) is 10.1. The molecule has 1 N–H and O–H groups in total. The van der Waals surface area contributed by atoms with Crippen LogP contribution in [0.1, 0.15) is 40.5 Å². The van der Waals surface area contributed by atoms with E-state index in [0.717, 1.165) is 55.2 Å². The van der Waals surface area contributed by atoms with E-state index in [1.165, 1.54) is 0 Å². The van der Waals surface area contributed by atoms with Crippen molar-refractivity contribution >= 4 is 68.1 Å². The molecule has 2 aliphatic heterocycles. The molecule has 53 heavy (non-hydrogen) atoms. The van der Waals surface area contributed by atoms with E-state index in [2.05, 4.69) is 17.4 Å². The third kappa shape index (κ3) is 6.87. The lowest BCUT2D eigenvalue weighted by Crippen LogP contribution is -2.41. The summed E-state index contributed by atoms with van der Waals surface area (Å²) in [4.78, 5) is 31.3. The molecule has 0 unspecified atom stereocenters. The fourth-order valence-corrected chi connectivity index (χ4v) is 8.23. The first-order chi connectivity index (χ1) is 26.0. The number of fused-ring (bicyclic) bond motifs is 6. The van der Waals surface area contributed by atoms with Crippen LogP contribution in [0.2, 0.25) is 0 Å². The Morgan fingerprint density at radius 3 is 1.53 bits per heavy atom. The summed E-state index contributed by atoms with van der Waals surface area (Å²) in [5, 5.41) is 7.04. The largest absolute Gasteiger partial charge is 0.488 e. The Balaban J connectivity index is 1.00. The number of hydrogen-bond donors (Lipinski definition) is 1. The number of ether oxygens (including phenoxy) is 2. The Labute approximate surface area is 319 Å². The van der Waals surface area contributed by atoms with Crippen molar-refractivity contribution in [2.24, 2.45) is 0 Å². The van der Waals surface area contributed by atoms with Gasteiger partial charge in [0.05, 0.1) is 11.4 Å². The second-order valence-electron chi connectivity index (χ2n) is 13.6. The van der Waals surface area contributed by atoms with Crippen LogP contribution in [-0.2, 0) is 18.0 Å².